The molecule has 0 saturated carbocycles. The summed E-state index contributed by atoms with van der Waals surface area (Å²) >= 11 is 0. The average molecular weight is 384 g/mol. The van der Waals surface area contributed by atoms with Crippen molar-refractivity contribution in [2.24, 2.45) is 5.92 Å². The standard InChI is InChI=1S/C21H21FN2O4/c1-13-7-14(2)9-18(8-13)24-11-15(10-20(24)26)21(27)28-12-19(25)23-17-5-3-16(22)4-6-17/h3-9,15H,10-12H2,1-2H3,(H,23,25)/t15-/m1/s1. The summed E-state index contributed by atoms with van der Waals surface area (Å²) in [7, 11) is 0. The molecule has 28 heavy (non-hydrogen) atoms. The van der Waals surface area contributed by atoms with Gasteiger partial charge in [-0.1, -0.05) is 6.07 Å². The number of carbonyl (C=O) groups excluding carboxylic acids is 3. The van der Waals surface area contributed by atoms with E-state index in [-0.39, 0.29) is 18.9 Å². The minimum absolute atomic E-state index is 0.0470. The molecule has 0 bridgehead atoms. The van der Waals surface area contributed by atoms with Gasteiger partial charge in [0.05, 0.1) is 5.92 Å². The topological polar surface area (TPSA) is 75.7 Å². The Kier molecular flexibility index (Phi) is 5.73. The molecular weight excluding hydrogens is 363 g/mol. The molecule has 6 nitrogen and oxygen atoms in total. The van der Waals surface area contributed by atoms with Crippen LogP contribution in [0.3, 0.4) is 0 Å². The highest BCUT2D eigenvalue weighted by atomic mass is 19.1. The first-order valence-electron chi connectivity index (χ1n) is 8.92. The van der Waals surface area contributed by atoms with E-state index in [0.29, 0.717) is 5.69 Å². The first-order chi connectivity index (χ1) is 13.3. The first kappa shape index (κ1) is 19.5. The molecule has 0 radical (unpaired) electrons. The summed E-state index contributed by atoms with van der Waals surface area (Å²) in [5.41, 5.74) is 3.23. The Morgan fingerprint density at radius 2 is 1.79 bits per heavy atom. The number of ether oxygens (including phenoxy) is 1. The van der Waals surface area contributed by atoms with Gasteiger partial charge in [-0.3, -0.25) is 14.4 Å². The summed E-state index contributed by atoms with van der Waals surface area (Å²) < 4.78 is 17.9. The van der Waals surface area contributed by atoms with Crippen molar-refractivity contribution in [3.63, 3.8) is 0 Å². The Balaban J connectivity index is 1.54. The van der Waals surface area contributed by atoms with Crippen LogP contribution in [0.5, 0.6) is 0 Å². The van der Waals surface area contributed by atoms with E-state index < -0.39 is 30.2 Å². The van der Waals surface area contributed by atoms with E-state index in [9.17, 15) is 18.8 Å². The van der Waals surface area contributed by atoms with Crippen molar-refractivity contribution in [2.45, 2.75) is 20.3 Å². The van der Waals surface area contributed by atoms with Gasteiger partial charge < -0.3 is 15.0 Å². The van der Waals surface area contributed by atoms with Gasteiger partial charge in [-0.15, -0.1) is 0 Å². The van der Waals surface area contributed by atoms with Crippen LogP contribution in [0.15, 0.2) is 42.5 Å². The number of rotatable bonds is 5. The van der Waals surface area contributed by atoms with Crippen molar-refractivity contribution in [3.8, 4) is 0 Å². The molecule has 1 aliphatic rings. The summed E-state index contributed by atoms with van der Waals surface area (Å²) in [5.74, 6) is -2.30. The predicted octanol–water partition coefficient (Wildman–Crippen LogP) is 2.98. The molecule has 0 aliphatic carbocycles. The number of anilines is 2. The second kappa shape index (κ2) is 8.21. The zero-order valence-electron chi connectivity index (χ0n) is 15.7. The monoisotopic (exact) mass is 384 g/mol. The lowest BCUT2D eigenvalue weighted by Gasteiger charge is -2.18. The lowest BCUT2D eigenvalue weighted by molar-refractivity contribution is -0.151. The molecule has 1 aliphatic heterocycles. The third kappa shape index (κ3) is 4.73. The third-order valence-electron chi connectivity index (χ3n) is 4.45. The van der Waals surface area contributed by atoms with Gasteiger partial charge in [0.1, 0.15) is 5.82 Å². The van der Waals surface area contributed by atoms with Crippen molar-refractivity contribution in [1.29, 1.82) is 0 Å². The van der Waals surface area contributed by atoms with Crippen molar-refractivity contribution in [1.82, 2.24) is 0 Å². The van der Waals surface area contributed by atoms with Gasteiger partial charge in [0.25, 0.3) is 5.91 Å². The normalized spacial score (nSPS) is 16.2. The number of carbonyl (C=O) groups is 3. The van der Waals surface area contributed by atoms with Crippen LogP contribution < -0.4 is 10.2 Å². The Labute approximate surface area is 162 Å². The zero-order valence-corrected chi connectivity index (χ0v) is 15.7. The Hall–Kier alpha value is -3.22. The van der Waals surface area contributed by atoms with Crippen LogP contribution in [0.4, 0.5) is 15.8 Å². The maximum Gasteiger partial charge on any atom is 0.311 e. The Morgan fingerprint density at radius 3 is 2.43 bits per heavy atom. The van der Waals surface area contributed by atoms with Crippen LogP contribution in [-0.2, 0) is 19.1 Å². The fourth-order valence-corrected chi connectivity index (χ4v) is 3.21. The number of nitrogens with one attached hydrogen (secondary N) is 1. The van der Waals surface area contributed by atoms with E-state index in [2.05, 4.69) is 5.32 Å². The number of amides is 2. The second-order valence-electron chi connectivity index (χ2n) is 6.91. The molecule has 0 aromatic heterocycles. The number of hydrogen-bond donors (Lipinski definition) is 1. The predicted molar refractivity (Wildman–Crippen MR) is 102 cm³/mol. The summed E-state index contributed by atoms with van der Waals surface area (Å²) in [6.45, 7) is 3.65. The molecule has 2 amide bonds. The van der Waals surface area contributed by atoms with Gasteiger partial charge in [0.15, 0.2) is 6.61 Å². The highest BCUT2D eigenvalue weighted by Crippen LogP contribution is 2.27. The molecule has 0 spiro atoms. The van der Waals surface area contributed by atoms with Gasteiger partial charge in [-0.25, -0.2) is 4.39 Å². The molecular formula is C21H21FN2O4. The molecule has 1 atom stereocenters. The summed E-state index contributed by atoms with van der Waals surface area (Å²) in [4.78, 5) is 38.1. The SMILES string of the molecule is Cc1cc(C)cc(N2C[C@H](C(=O)OCC(=O)Nc3ccc(F)cc3)CC2=O)c1. The smallest absolute Gasteiger partial charge is 0.311 e. The summed E-state index contributed by atoms with van der Waals surface area (Å²) in [6, 6.07) is 11.1. The largest absolute Gasteiger partial charge is 0.455 e. The maximum absolute atomic E-state index is 12.9. The quantitative estimate of drug-likeness (QED) is 0.804. The number of hydrogen-bond acceptors (Lipinski definition) is 4. The van der Waals surface area contributed by atoms with E-state index in [1.54, 1.807) is 4.90 Å². The molecule has 2 aromatic carbocycles. The molecule has 146 valence electrons. The molecule has 0 unspecified atom stereocenters. The Morgan fingerprint density at radius 1 is 1.14 bits per heavy atom. The van der Waals surface area contributed by atoms with Crippen molar-refractivity contribution < 1.29 is 23.5 Å². The number of esters is 1. The van der Waals surface area contributed by atoms with E-state index in [4.69, 9.17) is 4.74 Å². The van der Waals surface area contributed by atoms with Gasteiger partial charge in [-0.05, 0) is 61.4 Å². The van der Waals surface area contributed by atoms with Crippen LogP contribution in [0.2, 0.25) is 0 Å². The lowest BCUT2D eigenvalue weighted by atomic mass is 10.1. The fourth-order valence-electron chi connectivity index (χ4n) is 3.21. The van der Waals surface area contributed by atoms with Gasteiger partial charge in [-0.2, -0.15) is 0 Å². The van der Waals surface area contributed by atoms with Gasteiger partial charge >= 0.3 is 5.97 Å². The number of nitrogens with zero attached hydrogens (tertiary/aromatic N) is 1. The summed E-state index contributed by atoms with van der Waals surface area (Å²) in [6.07, 6.45) is 0.0470. The number of aryl methyl sites for hydroxylation is 2. The number of halogens is 1. The van der Waals surface area contributed by atoms with E-state index in [0.717, 1.165) is 16.8 Å². The highest BCUT2D eigenvalue weighted by molar-refractivity contribution is 6.00. The van der Waals surface area contributed by atoms with Crippen LogP contribution >= 0.6 is 0 Å². The first-order valence-corrected chi connectivity index (χ1v) is 8.92. The number of benzene rings is 2. The van der Waals surface area contributed by atoms with Crippen molar-refractivity contribution in [3.05, 3.63) is 59.4 Å². The van der Waals surface area contributed by atoms with E-state index in [1.165, 1.54) is 24.3 Å². The molecule has 1 saturated heterocycles. The lowest BCUT2D eigenvalue weighted by Crippen LogP contribution is -2.28. The van der Waals surface area contributed by atoms with Crippen LogP contribution in [0.1, 0.15) is 17.5 Å². The van der Waals surface area contributed by atoms with Crippen LogP contribution in [0, 0.1) is 25.6 Å². The fraction of sp³-hybridized carbons (Fsp3) is 0.286. The average Bonchev–Trinajstić information content (AvgIpc) is 3.03. The molecule has 2 aromatic rings. The highest BCUT2D eigenvalue weighted by Gasteiger charge is 2.36. The maximum atomic E-state index is 12.9. The van der Waals surface area contributed by atoms with E-state index in [1.807, 2.05) is 32.0 Å². The molecule has 7 heteroatoms. The zero-order chi connectivity index (χ0) is 20.3. The molecule has 1 fully saturated rings. The molecule has 1 N–H and O–H groups in total. The van der Waals surface area contributed by atoms with Gasteiger partial charge in [0, 0.05) is 24.3 Å². The molecule has 1 heterocycles. The molecule has 3 rings (SSSR count). The second-order valence-corrected chi connectivity index (χ2v) is 6.91. The van der Waals surface area contributed by atoms with Crippen molar-refractivity contribution >= 4 is 29.2 Å². The summed E-state index contributed by atoms with van der Waals surface area (Å²) in [5, 5.41) is 2.51. The van der Waals surface area contributed by atoms with E-state index >= 15 is 0 Å². The Bertz CT molecular complexity index is 891. The third-order valence-corrected chi connectivity index (χ3v) is 4.45. The van der Waals surface area contributed by atoms with Crippen LogP contribution in [-0.4, -0.2) is 30.9 Å². The minimum atomic E-state index is -0.619. The van der Waals surface area contributed by atoms with Crippen molar-refractivity contribution in [2.75, 3.05) is 23.4 Å². The van der Waals surface area contributed by atoms with Crippen LogP contribution in [0.25, 0.3) is 0 Å². The van der Waals surface area contributed by atoms with Gasteiger partial charge in [0.2, 0.25) is 5.91 Å². The minimum Gasteiger partial charge on any atom is -0.455 e.